The van der Waals surface area contributed by atoms with E-state index in [-0.39, 0.29) is 17.6 Å². The second-order valence-corrected chi connectivity index (χ2v) is 5.44. The first-order valence-electron chi connectivity index (χ1n) is 7.75. The van der Waals surface area contributed by atoms with Gasteiger partial charge in [-0.05, 0) is 42.8 Å². The third-order valence-corrected chi connectivity index (χ3v) is 3.50. The Labute approximate surface area is 144 Å². The summed E-state index contributed by atoms with van der Waals surface area (Å²) in [4.78, 5) is 16.2. The fourth-order valence-corrected chi connectivity index (χ4v) is 2.19. The van der Waals surface area contributed by atoms with E-state index < -0.39 is 6.04 Å². The topological polar surface area (TPSA) is 68.0 Å². The number of halogens is 1. The molecule has 25 heavy (non-hydrogen) atoms. The van der Waals surface area contributed by atoms with Crippen molar-refractivity contribution in [1.82, 2.24) is 15.5 Å². The highest BCUT2D eigenvalue weighted by molar-refractivity contribution is 5.91. The molecule has 1 N–H and O–H groups in total. The molecule has 126 valence electrons. The van der Waals surface area contributed by atoms with Gasteiger partial charge in [-0.2, -0.15) is 4.98 Å². The van der Waals surface area contributed by atoms with E-state index in [2.05, 4.69) is 15.5 Å². The molecule has 0 fully saturated rings. The van der Waals surface area contributed by atoms with Crippen molar-refractivity contribution >= 4 is 12.0 Å². The van der Waals surface area contributed by atoms with Gasteiger partial charge in [-0.15, -0.1) is 0 Å². The molecule has 1 unspecified atom stereocenters. The Bertz CT molecular complexity index is 873. The van der Waals surface area contributed by atoms with Crippen LogP contribution in [0.15, 0.2) is 65.2 Å². The van der Waals surface area contributed by atoms with Crippen LogP contribution in [-0.2, 0) is 4.79 Å². The van der Waals surface area contributed by atoms with E-state index in [0.717, 1.165) is 5.56 Å². The zero-order chi connectivity index (χ0) is 17.6. The summed E-state index contributed by atoms with van der Waals surface area (Å²) >= 11 is 0. The summed E-state index contributed by atoms with van der Waals surface area (Å²) in [6.07, 6.45) is 3.17. The quantitative estimate of drug-likeness (QED) is 0.720. The number of carbonyl (C=O) groups excluding carboxylic acids is 1. The van der Waals surface area contributed by atoms with Gasteiger partial charge >= 0.3 is 0 Å². The fourth-order valence-electron chi connectivity index (χ4n) is 2.19. The summed E-state index contributed by atoms with van der Waals surface area (Å²) in [7, 11) is 0. The number of nitrogens with zero attached hydrogens (tertiary/aromatic N) is 2. The maximum absolute atomic E-state index is 13.0. The molecule has 5 nitrogen and oxygen atoms in total. The molecule has 2 aromatic carbocycles. The Balaban J connectivity index is 1.63. The average molecular weight is 337 g/mol. The molecule has 0 aliphatic heterocycles. The maximum Gasteiger partial charge on any atom is 0.249 e. The summed E-state index contributed by atoms with van der Waals surface area (Å²) in [6, 6.07) is 14.8. The van der Waals surface area contributed by atoms with Crippen molar-refractivity contribution in [3.8, 4) is 11.4 Å². The van der Waals surface area contributed by atoms with Crippen LogP contribution in [0.25, 0.3) is 17.5 Å². The lowest BCUT2D eigenvalue weighted by molar-refractivity contribution is -0.117. The number of rotatable bonds is 5. The van der Waals surface area contributed by atoms with Crippen molar-refractivity contribution in [3.63, 3.8) is 0 Å². The number of benzene rings is 2. The maximum atomic E-state index is 13.0. The van der Waals surface area contributed by atoms with Crippen LogP contribution in [0.1, 0.15) is 24.4 Å². The lowest BCUT2D eigenvalue weighted by Gasteiger charge is -2.06. The molecule has 0 bridgehead atoms. The van der Waals surface area contributed by atoms with Crippen molar-refractivity contribution in [3.05, 3.63) is 77.9 Å². The van der Waals surface area contributed by atoms with Gasteiger partial charge in [0, 0.05) is 11.6 Å². The van der Waals surface area contributed by atoms with Crippen molar-refractivity contribution < 1.29 is 13.7 Å². The van der Waals surface area contributed by atoms with Crippen molar-refractivity contribution in [2.75, 3.05) is 0 Å². The molecular weight excluding hydrogens is 321 g/mol. The first-order valence-corrected chi connectivity index (χ1v) is 7.75. The predicted molar refractivity (Wildman–Crippen MR) is 91.7 cm³/mol. The summed E-state index contributed by atoms with van der Waals surface area (Å²) in [5.41, 5.74) is 1.57. The smallest absolute Gasteiger partial charge is 0.249 e. The first kappa shape index (κ1) is 16.6. The third kappa shape index (κ3) is 4.38. The number of carbonyl (C=O) groups is 1. The molecule has 0 spiro atoms. The van der Waals surface area contributed by atoms with Crippen LogP contribution in [0.5, 0.6) is 0 Å². The number of aromatic nitrogens is 2. The Morgan fingerprint density at radius 1 is 1.16 bits per heavy atom. The molecular formula is C19H16FN3O2. The van der Waals surface area contributed by atoms with Gasteiger partial charge in [-0.1, -0.05) is 35.5 Å². The van der Waals surface area contributed by atoms with Crippen LogP contribution in [0, 0.1) is 5.82 Å². The second kappa shape index (κ2) is 7.53. The highest BCUT2D eigenvalue weighted by atomic mass is 19.1. The molecule has 0 saturated carbocycles. The van der Waals surface area contributed by atoms with Crippen LogP contribution >= 0.6 is 0 Å². The SMILES string of the molecule is CC(NC(=O)/C=C/c1ccccc1)c1nc(-c2ccc(F)cc2)no1. The Hall–Kier alpha value is -3.28. The molecule has 0 aliphatic rings. The lowest BCUT2D eigenvalue weighted by Crippen LogP contribution is -2.24. The van der Waals surface area contributed by atoms with Crippen LogP contribution in [0.2, 0.25) is 0 Å². The van der Waals surface area contributed by atoms with E-state index in [1.165, 1.54) is 18.2 Å². The van der Waals surface area contributed by atoms with Gasteiger partial charge in [-0.25, -0.2) is 4.39 Å². The average Bonchev–Trinajstić information content (AvgIpc) is 3.12. The number of hydrogen-bond acceptors (Lipinski definition) is 4. The normalized spacial score (nSPS) is 12.2. The molecule has 3 aromatic rings. The molecule has 0 radical (unpaired) electrons. The minimum Gasteiger partial charge on any atom is -0.341 e. The molecule has 0 aliphatic carbocycles. The summed E-state index contributed by atoms with van der Waals surface area (Å²) < 4.78 is 18.1. The molecule has 1 atom stereocenters. The highest BCUT2D eigenvalue weighted by Crippen LogP contribution is 2.19. The van der Waals surface area contributed by atoms with Crippen molar-refractivity contribution in [2.24, 2.45) is 0 Å². The summed E-state index contributed by atoms with van der Waals surface area (Å²) in [5, 5.41) is 6.62. The molecule has 6 heteroatoms. The molecule has 0 saturated heterocycles. The van der Waals surface area contributed by atoms with E-state index in [4.69, 9.17) is 4.52 Å². The zero-order valence-corrected chi connectivity index (χ0v) is 13.5. The fraction of sp³-hybridized carbons (Fsp3) is 0.105. The van der Waals surface area contributed by atoms with Gasteiger partial charge in [0.1, 0.15) is 11.9 Å². The minimum absolute atomic E-state index is 0.266. The number of hydrogen-bond donors (Lipinski definition) is 1. The van der Waals surface area contributed by atoms with Crippen LogP contribution < -0.4 is 5.32 Å². The molecule has 1 amide bonds. The van der Waals surface area contributed by atoms with E-state index in [9.17, 15) is 9.18 Å². The standard InChI is InChI=1S/C19H16FN3O2/c1-13(21-17(24)12-7-14-5-3-2-4-6-14)19-22-18(23-25-19)15-8-10-16(20)11-9-15/h2-13H,1H3,(H,21,24)/b12-7+. The Morgan fingerprint density at radius 2 is 1.88 bits per heavy atom. The van der Waals surface area contributed by atoms with Gasteiger partial charge in [0.25, 0.3) is 0 Å². The third-order valence-electron chi connectivity index (χ3n) is 3.50. The van der Waals surface area contributed by atoms with E-state index in [1.807, 2.05) is 30.3 Å². The minimum atomic E-state index is -0.449. The van der Waals surface area contributed by atoms with Crippen molar-refractivity contribution in [1.29, 1.82) is 0 Å². The largest absolute Gasteiger partial charge is 0.341 e. The van der Waals surface area contributed by atoms with Gasteiger partial charge in [0.05, 0.1) is 0 Å². The number of amides is 1. The molecule has 1 aromatic heterocycles. The number of nitrogens with one attached hydrogen (secondary N) is 1. The first-order chi connectivity index (χ1) is 12.1. The van der Waals surface area contributed by atoms with Gasteiger partial charge in [0.15, 0.2) is 0 Å². The van der Waals surface area contributed by atoms with Crippen LogP contribution in [0.4, 0.5) is 4.39 Å². The van der Waals surface area contributed by atoms with Gasteiger partial charge in [0.2, 0.25) is 17.6 Å². The van der Waals surface area contributed by atoms with E-state index in [1.54, 1.807) is 25.1 Å². The lowest BCUT2D eigenvalue weighted by atomic mass is 10.2. The zero-order valence-electron chi connectivity index (χ0n) is 13.5. The monoisotopic (exact) mass is 337 g/mol. The van der Waals surface area contributed by atoms with Crippen molar-refractivity contribution in [2.45, 2.75) is 13.0 Å². The molecule has 3 rings (SSSR count). The van der Waals surface area contributed by atoms with Crippen LogP contribution in [0.3, 0.4) is 0 Å². The summed E-state index contributed by atoms with van der Waals surface area (Å²) in [6.45, 7) is 1.75. The van der Waals surface area contributed by atoms with Gasteiger partial charge < -0.3 is 9.84 Å². The highest BCUT2D eigenvalue weighted by Gasteiger charge is 2.16. The van der Waals surface area contributed by atoms with E-state index >= 15 is 0 Å². The predicted octanol–water partition coefficient (Wildman–Crippen LogP) is 3.77. The molecule has 1 heterocycles. The van der Waals surface area contributed by atoms with E-state index in [0.29, 0.717) is 11.4 Å². The van der Waals surface area contributed by atoms with Crippen LogP contribution in [-0.4, -0.2) is 16.0 Å². The second-order valence-electron chi connectivity index (χ2n) is 5.44. The Kier molecular flexibility index (Phi) is 4.99. The summed E-state index contributed by atoms with van der Waals surface area (Å²) in [5.74, 6) is 0.0212. The Morgan fingerprint density at radius 3 is 2.60 bits per heavy atom. The van der Waals surface area contributed by atoms with Gasteiger partial charge in [-0.3, -0.25) is 4.79 Å².